The molecule has 0 bridgehead atoms. The molecule has 0 aromatic heterocycles. The highest BCUT2D eigenvalue weighted by Crippen LogP contribution is 2.32. The smallest absolute Gasteiger partial charge is 0.266 e. The quantitative estimate of drug-likeness (QED) is 0.457. The first kappa shape index (κ1) is 15.3. The van der Waals surface area contributed by atoms with Crippen molar-refractivity contribution in [1.82, 2.24) is 4.90 Å². The van der Waals surface area contributed by atoms with Crippen molar-refractivity contribution >= 4 is 40.3 Å². The molecule has 0 atom stereocenters. The minimum absolute atomic E-state index is 0.0525. The Kier molecular flexibility index (Phi) is 5.38. The van der Waals surface area contributed by atoms with E-state index in [9.17, 15) is 4.79 Å². The second-order valence-electron chi connectivity index (χ2n) is 4.95. The highest BCUT2D eigenvalue weighted by Gasteiger charge is 2.31. The Balaban J connectivity index is 2.09. The van der Waals surface area contributed by atoms with Gasteiger partial charge in [-0.25, -0.2) is 0 Å². The summed E-state index contributed by atoms with van der Waals surface area (Å²) in [5.74, 6) is 0.0525. The maximum absolute atomic E-state index is 12.3. The van der Waals surface area contributed by atoms with E-state index < -0.39 is 0 Å². The Labute approximate surface area is 130 Å². The molecule has 1 saturated heterocycles. The summed E-state index contributed by atoms with van der Waals surface area (Å²) in [6, 6.07) is 8.15. The number of nitrogens with zero attached hydrogens (tertiary/aromatic N) is 1. The second kappa shape index (κ2) is 7.04. The van der Waals surface area contributed by atoms with Crippen LogP contribution in [0.3, 0.4) is 0 Å². The first-order valence-electron chi connectivity index (χ1n) is 6.94. The maximum Gasteiger partial charge on any atom is 0.266 e. The summed E-state index contributed by atoms with van der Waals surface area (Å²) in [5.41, 5.74) is 2.26. The molecule has 20 heavy (non-hydrogen) atoms. The van der Waals surface area contributed by atoms with Gasteiger partial charge in [-0.05, 0) is 25.0 Å². The normalized spacial score (nSPS) is 17.3. The van der Waals surface area contributed by atoms with Gasteiger partial charge >= 0.3 is 0 Å². The number of carbonyl (C=O) groups excluding carboxylic acids is 1. The first-order valence-corrected chi connectivity index (χ1v) is 8.16. The molecule has 4 heteroatoms. The van der Waals surface area contributed by atoms with Gasteiger partial charge in [0.05, 0.1) is 4.91 Å². The summed E-state index contributed by atoms with van der Waals surface area (Å²) in [7, 11) is 0. The number of thioether (sulfide) groups is 1. The Morgan fingerprint density at radius 3 is 2.60 bits per heavy atom. The SMILES string of the molecule is CCCCCN1C(=O)/C(=C\c2ccc(C)cc2)SC1=S. The number of aryl methyl sites for hydroxylation is 1. The van der Waals surface area contributed by atoms with E-state index in [1.165, 1.54) is 17.3 Å². The molecule has 1 heterocycles. The van der Waals surface area contributed by atoms with Crippen LogP contribution in [0, 0.1) is 6.92 Å². The molecule has 2 rings (SSSR count). The molecule has 0 radical (unpaired) electrons. The van der Waals surface area contributed by atoms with Crippen molar-refractivity contribution < 1.29 is 4.79 Å². The monoisotopic (exact) mass is 305 g/mol. The highest BCUT2D eigenvalue weighted by molar-refractivity contribution is 8.26. The molecule has 0 aliphatic carbocycles. The van der Waals surface area contributed by atoms with E-state index in [1.807, 2.05) is 30.3 Å². The molecular formula is C16H19NOS2. The molecule has 1 aromatic carbocycles. The van der Waals surface area contributed by atoms with Crippen LogP contribution in [0.15, 0.2) is 29.2 Å². The van der Waals surface area contributed by atoms with Crippen LogP contribution in [0.1, 0.15) is 37.3 Å². The van der Waals surface area contributed by atoms with E-state index in [0.29, 0.717) is 4.32 Å². The van der Waals surface area contributed by atoms with Gasteiger partial charge in [0.25, 0.3) is 5.91 Å². The molecule has 1 aromatic rings. The topological polar surface area (TPSA) is 20.3 Å². The zero-order valence-electron chi connectivity index (χ0n) is 11.9. The number of carbonyl (C=O) groups is 1. The zero-order chi connectivity index (χ0) is 14.5. The van der Waals surface area contributed by atoms with Crippen LogP contribution in [-0.4, -0.2) is 21.7 Å². The van der Waals surface area contributed by atoms with Crippen molar-refractivity contribution in [2.45, 2.75) is 33.1 Å². The van der Waals surface area contributed by atoms with Gasteiger partial charge in [0.2, 0.25) is 0 Å². The predicted molar refractivity (Wildman–Crippen MR) is 90.6 cm³/mol. The lowest BCUT2D eigenvalue weighted by molar-refractivity contribution is -0.122. The van der Waals surface area contributed by atoms with Gasteiger partial charge in [-0.1, -0.05) is 73.6 Å². The van der Waals surface area contributed by atoms with Gasteiger partial charge < -0.3 is 0 Å². The lowest BCUT2D eigenvalue weighted by Gasteiger charge is -2.13. The molecule has 1 aliphatic rings. The van der Waals surface area contributed by atoms with Crippen molar-refractivity contribution in [3.05, 3.63) is 40.3 Å². The number of hydrogen-bond acceptors (Lipinski definition) is 3. The van der Waals surface area contributed by atoms with E-state index in [0.717, 1.165) is 36.3 Å². The standard InChI is InChI=1S/C16H19NOS2/c1-3-4-5-10-17-15(18)14(20-16(17)19)11-13-8-6-12(2)7-9-13/h6-9,11H,3-5,10H2,1-2H3/b14-11+. The number of unbranched alkanes of at least 4 members (excludes halogenated alkanes) is 2. The fourth-order valence-electron chi connectivity index (χ4n) is 2.03. The Bertz CT molecular complexity index is 534. The van der Waals surface area contributed by atoms with Crippen molar-refractivity contribution in [2.75, 3.05) is 6.54 Å². The number of thiocarbonyl (C=S) groups is 1. The first-order chi connectivity index (χ1) is 9.61. The number of hydrogen-bond donors (Lipinski definition) is 0. The van der Waals surface area contributed by atoms with E-state index in [-0.39, 0.29) is 5.91 Å². The maximum atomic E-state index is 12.3. The Hall–Kier alpha value is -1.13. The third kappa shape index (κ3) is 3.70. The van der Waals surface area contributed by atoms with Crippen LogP contribution in [0.4, 0.5) is 0 Å². The van der Waals surface area contributed by atoms with Crippen molar-refractivity contribution in [3.8, 4) is 0 Å². The van der Waals surface area contributed by atoms with Crippen LogP contribution >= 0.6 is 24.0 Å². The fraction of sp³-hybridized carbons (Fsp3) is 0.375. The number of rotatable bonds is 5. The predicted octanol–water partition coefficient (Wildman–Crippen LogP) is 4.39. The average Bonchev–Trinajstić information content (AvgIpc) is 2.69. The summed E-state index contributed by atoms with van der Waals surface area (Å²) in [6.07, 6.45) is 5.22. The molecule has 1 amide bonds. The molecule has 106 valence electrons. The van der Waals surface area contributed by atoms with E-state index in [2.05, 4.69) is 13.8 Å². The van der Waals surface area contributed by atoms with Crippen LogP contribution < -0.4 is 0 Å². The van der Waals surface area contributed by atoms with Gasteiger partial charge in [0.1, 0.15) is 4.32 Å². The number of benzene rings is 1. The summed E-state index contributed by atoms with van der Waals surface area (Å²) < 4.78 is 0.685. The Morgan fingerprint density at radius 1 is 1.25 bits per heavy atom. The Morgan fingerprint density at radius 2 is 1.95 bits per heavy atom. The summed E-state index contributed by atoms with van der Waals surface area (Å²) >= 11 is 6.72. The van der Waals surface area contributed by atoms with Crippen LogP contribution in [0.2, 0.25) is 0 Å². The molecule has 0 spiro atoms. The number of amides is 1. The molecule has 0 unspecified atom stereocenters. The third-order valence-electron chi connectivity index (χ3n) is 3.23. The van der Waals surface area contributed by atoms with E-state index in [4.69, 9.17) is 12.2 Å². The van der Waals surface area contributed by atoms with Crippen LogP contribution in [-0.2, 0) is 4.79 Å². The minimum Gasteiger partial charge on any atom is -0.293 e. The summed E-state index contributed by atoms with van der Waals surface area (Å²) in [5, 5.41) is 0. The molecule has 0 saturated carbocycles. The fourth-order valence-corrected chi connectivity index (χ4v) is 3.34. The minimum atomic E-state index is 0.0525. The highest BCUT2D eigenvalue weighted by atomic mass is 32.2. The van der Waals surface area contributed by atoms with Gasteiger partial charge in [-0.3, -0.25) is 9.69 Å². The lowest BCUT2D eigenvalue weighted by atomic mass is 10.1. The van der Waals surface area contributed by atoms with E-state index in [1.54, 1.807) is 4.90 Å². The second-order valence-corrected chi connectivity index (χ2v) is 6.63. The zero-order valence-corrected chi connectivity index (χ0v) is 13.5. The van der Waals surface area contributed by atoms with Crippen molar-refractivity contribution in [1.29, 1.82) is 0 Å². The van der Waals surface area contributed by atoms with Crippen molar-refractivity contribution in [3.63, 3.8) is 0 Å². The van der Waals surface area contributed by atoms with Gasteiger partial charge in [0, 0.05) is 6.54 Å². The molecular weight excluding hydrogens is 286 g/mol. The summed E-state index contributed by atoms with van der Waals surface area (Å²) in [4.78, 5) is 14.8. The molecule has 1 fully saturated rings. The van der Waals surface area contributed by atoms with E-state index >= 15 is 0 Å². The van der Waals surface area contributed by atoms with Gasteiger partial charge in [0.15, 0.2) is 0 Å². The third-order valence-corrected chi connectivity index (χ3v) is 4.61. The van der Waals surface area contributed by atoms with Gasteiger partial charge in [-0.15, -0.1) is 0 Å². The molecule has 2 nitrogen and oxygen atoms in total. The lowest BCUT2D eigenvalue weighted by Crippen LogP contribution is -2.28. The average molecular weight is 305 g/mol. The largest absolute Gasteiger partial charge is 0.293 e. The summed E-state index contributed by atoms with van der Waals surface area (Å²) in [6.45, 7) is 4.95. The van der Waals surface area contributed by atoms with Crippen LogP contribution in [0.25, 0.3) is 6.08 Å². The van der Waals surface area contributed by atoms with Crippen LogP contribution in [0.5, 0.6) is 0 Å². The molecule has 1 aliphatic heterocycles. The van der Waals surface area contributed by atoms with Crippen molar-refractivity contribution in [2.24, 2.45) is 0 Å². The van der Waals surface area contributed by atoms with Gasteiger partial charge in [-0.2, -0.15) is 0 Å². The molecule has 0 N–H and O–H groups in total.